The molecule has 0 aliphatic carbocycles. The highest BCUT2D eigenvalue weighted by Gasteiger charge is 2.36. The van der Waals surface area contributed by atoms with Crippen molar-refractivity contribution in [2.75, 3.05) is 18.1 Å². The summed E-state index contributed by atoms with van der Waals surface area (Å²) in [6, 6.07) is 0. The van der Waals surface area contributed by atoms with Crippen LogP contribution >= 0.6 is 11.8 Å². The summed E-state index contributed by atoms with van der Waals surface area (Å²) in [7, 11) is 0. The normalized spacial score (nSPS) is 40.8. The lowest BCUT2D eigenvalue weighted by Gasteiger charge is -2.42. The van der Waals surface area contributed by atoms with Crippen molar-refractivity contribution in [1.29, 1.82) is 0 Å². The quantitative estimate of drug-likeness (QED) is 0.573. The number of nitrogens with one attached hydrogen (secondary N) is 1. The Morgan fingerprint density at radius 2 is 2.10 bits per heavy atom. The second-order valence-electron chi connectivity index (χ2n) is 3.47. The predicted octanol–water partition coefficient (Wildman–Crippen LogP) is 1.64. The van der Waals surface area contributed by atoms with Crippen LogP contribution in [0.1, 0.15) is 25.7 Å². The minimum Gasteiger partial charge on any atom is -0.310 e. The average molecular weight is 157 g/mol. The molecule has 0 saturated carbocycles. The smallest absolute Gasteiger partial charge is 0.0283 e. The highest BCUT2D eigenvalue weighted by atomic mass is 32.2. The molecule has 58 valence electrons. The van der Waals surface area contributed by atoms with Crippen LogP contribution in [0.3, 0.4) is 0 Å². The van der Waals surface area contributed by atoms with Gasteiger partial charge in [-0.25, -0.2) is 0 Å². The summed E-state index contributed by atoms with van der Waals surface area (Å²) in [5.74, 6) is 2.76. The van der Waals surface area contributed by atoms with Gasteiger partial charge in [0.1, 0.15) is 0 Å². The van der Waals surface area contributed by atoms with Gasteiger partial charge in [-0.1, -0.05) is 6.42 Å². The summed E-state index contributed by atoms with van der Waals surface area (Å²) in [5, 5.41) is 3.58. The van der Waals surface area contributed by atoms with Gasteiger partial charge >= 0.3 is 0 Å². The minimum absolute atomic E-state index is 0.598. The summed E-state index contributed by atoms with van der Waals surface area (Å²) >= 11 is 2.14. The third kappa shape index (κ3) is 1.19. The molecule has 0 aromatic rings. The first-order valence-corrected chi connectivity index (χ1v) is 5.40. The van der Waals surface area contributed by atoms with E-state index in [1.807, 2.05) is 0 Å². The Bertz CT molecular complexity index is 110. The lowest BCUT2D eigenvalue weighted by molar-refractivity contribution is 0.220. The van der Waals surface area contributed by atoms with E-state index in [0.29, 0.717) is 5.54 Å². The number of hydrogen-bond donors (Lipinski definition) is 1. The van der Waals surface area contributed by atoms with E-state index in [1.54, 1.807) is 0 Å². The highest BCUT2D eigenvalue weighted by molar-refractivity contribution is 7.99. The Labute approximate surface area is 67.0 Å². The van der Waals surface area contributed by atoms with Gasteiger partial charge in [-0.15, -0.1) is 0 Å². The lowest BCUT2D eigenvalue weighted by Crippen LogP contribution is -2.58. The van der Waals surface area contributed by atoms with Crippen molar-refractivity contribution >= 4 is 11.8 Å². The largest absolute Gasteiger partial charge is 0.310 e. The van der Waals surface area contributed by atoms with Crippen LogP contribution in [0.5, 0.6) is 0 Å². The van der Waals surface area contributed by atoms with Crippen LogP contribution in [0.4, 0.5) is 0 Å². The molecule has 2 fully saturated rings. The molecule has 1 N–H and O–H groups in total. The van der Waals surface area contributed by atoms with Gasteiger partial charge in [0.2, 0.25) is 0 Å². The van der Waals surface area contributed by atoms with E-state index < -0.39 is 0 Å². The van der Waals surface area contributed by atoms with E-state index in [1.165, 1.54) is 43.7 Å². The fourth-order valence-electron chi connectivity index (χ4n) is 1.82. The van der Waals surface area contributed by atoms with Crippen LogP contribution in [0.2, 0.25) is 0 Å². The molecule has 1 spiro atoms. The van der Waals surface area contributed by atoms with Gasteiger partial charge in [0.15, 0.2) is 0 Å². The molecule has 2 aliphatic heterocycles. The SMILES string of the molecule is C1CCC2(CCN2)CSC1. The van der Waals surface area contributed by atoms with Gasteiger partial charge in [0, 0.05) is 11.3 Å². The maximum atomic E-state index is 3.58. The van der Waals surface area contributed by atoms with Crippen molar-refractivity contribution in [2.45, 2.75) is 31.2 Å². The second kappa shape index (κ2) is 2.74. The van der Waals surface area contributed by atoms with Crippen molar-refractivity contribution in [3.63, 3.8) is 0 Å². The molecule has 0 bridgehead atoms. The fourth-order valence-corrected chi connectivity index (χ4v) is 3.16. The van der Waals surface area contributed by atoms with Gasteiger partial charge < -0.3 is 5.32 Å². The van der Waals surface area contributed by atoms with E-state index in [4.69, 9.17) is 0 Å². The predicted molar refractivity (Wildman–Crippen MR) is 46.5 cm³/mol. The number of thioether (sulfide) groups is 1. The van der Waals surface area contributed by atoms with Crippen LogP contribution in [-0.2, 0) is 0 Å². The van der Waals surface area contributed by atoms with E-state index in [-0.39, 0.29) is 0 Å². The van der Waals surface area contributed by atoms with E-state index in [2.05, 4.69) is 17.1 Å². The molecule has 10 heavy (non-hydrogen) atoms. The van der Waals surface area contributed by atoms with Crippen LogP contribution in [0, 0.1) is 0 Å². The Hall–Kier alpha value is 0.310. The van der Waals surface area contributed by atoms with Crippen molar-refractivity contribution in [3.8, 4) is 0 Å². The Morgan fingerprint density at radius 3 is 2.80 bits per heavy atom. The van der Waals surface area contributed by atoms with E-state index in [9.17, 15) is 0 Å². The molecular formula is C8H15NS. The standard InChI is InChI=1S/C8H15NS/c1-2-6-10-7-8(3-1)4-5-9-8/h9H,1-7H2. The maximum absolute atomic E-state index is 3.58. The molecule has 2 saturated heterocycles. The summed E-state index contributed by atoms with van der Waals surface area (Å²) in [5.41, 5.74) is 0.598. The number of rotatable bonds is 0. The maximum Gasteiger partial charge on any atom is 0.0283 e. The van der Waals surface area contributed by atoms with Gasteiger partial charge in [-0.05, 0) is 31.6 Å². The van der Waals surface area contributed by atoms with Gasteiger partial charge in [0.05, 0.1) is 0 Å². The zero-order valence-electron chi connectivity index (χ0n) is 6.36. The summed E-state index contributed by atoms with van der Waals surface area (Å²) in [6.45, 7) is 1.26. The van der Waals surface area contributed by atoms with Gasteiger partial charge in [0.25, 0.3) is 0 Å². The van der Waals surface area contributed by atoms with Crippen molar-refractivity contribution in [2.24, 2.45) is 0 Å². The fraction of sp³-hybridized carbons (Fsp3) is 1.00. The first kappa shape index (κ1) is 6.99. The first-order valence-electron chi connectivity index (χ1n) is 4.24. The molecule has 2 rings (SSSR count). The van der Waals surface area contributed by atoms with Crippen molar-refractivity contribution < 1.29 is 0 Å². The molecule has 0 radical (unpaired) electrons. The molecule has 2 aliphatic rings. The third-order valence-corrected chi connectivity index (χ3v) is 4.01. The zero-order valence-corrected chi connectivity index (χ0v) is 7.17. The van der Waals surface area contributed by atoms with Crippen LogP contribution in [0.15, 0.2) is 0 Å². The molecule has 2 heteroatoms. The molecule has 2 heterocycles. The molecule has 0 aromatic carbocycles. The molecule has 0 aromatic heterocycles. The molecular weight excluding hydrogens is 142 g/mol. The van der Waals surface area contributed by atoms with Crippen LogP contribution < -0.4 is 5.32 Å². The Morgan fingerprint density at radius 1 is 1.20 bits per heavy atom. The van der Waals surface area contributed by atoms with Gasteiger partial charge in [-0.2, -0.15) is 11.8 Å². The molecule has 1 atom stereocenters. The zero-order chi connectivity index (χ0) is 6.86. The van der Waals surface area contributed by atoms with Gasteiger partial charge in [-0.3, -0.25) is 0 Å². The molecule has 1 unspecified atom stereocenters. The van der Waals surface area contributed by atoms with Crippen molar-refractivity contribution in [3.05, 3.63) is 0 Å². The Kier molecular flexibility index (Phi) is 1.92. The first-order chi connectivity index (χ1) is 4.91. The highest BCUT2D eigenvalue weighted by Crippen LogP contribution is 2.32. The lowest BCUT2D eigenvalue weighted by atomic mass is 9.85. The minimum atomic E-state index is 0.598. The molecule has 0 amide bonds. The second-order valence-corrected chi connectivity index (χ2v) is 4.57. The summed E-state index contributed by atoms with van der Waals surface area (Å²) < 4.78 is 0. The van der Waals surface area contributed by atoms with Crippen molar-refractivity contribution in [1.82, 2.24) is 5.32 Å². The third-order valence-electron chi connectivity index (χ3n) is 2.68. The monoisotopic (exact) mass is 157 g/mol. The topological polar surface area (TPSA) is 12.0 Å². The summed E-state index contributed by atoms with van der Waals surface area (Å²) in [6.07, 6.45) is 5.74. The molecule has 1 nitrogen and oxygen atoms in total. The van der Waals surface area contributed by atoms with E-state index >= 15 is 0 Å². The van der Waals surface area contributed by atoms with E-state index in [0.717, 1.165) is 0 Å². The van der Waals surface area contributed by atoms with Crippen LogP contribution in [0.25, 0.3) is 0 Å². The Balaban J connectivity index is 1.92. The van der Waals surface area contributed by atoms with Crippen LogP contribution in [-0.4, -0.2) is 23.6 Å². The summed E-state index contributed by atoms with van der Waals surface area (Å²) in [4.78, 5) is 0. The number of hydrogen-bond acceptors (Lipinski definition) is 2. The average Bonchev–Trinajstić information content (AvgIpc) is 2.08.